The van der Waals surface area contributed by atoms with Crippen molar-refractivity contribution in [3.8, 4) is 0 Å². The molecule has 1 fully saturated rings. The van der Waals surface area contributed by atoms with Gasteiger partial charge in [0.2, 0.25) is 0 Å². The Morgan fingerprint density at radius 3 is 2.84 bits per heavy atom. The van der Waals surface area contributed by atoms with E-state index in [1.807, 2.05) is 18.2 Å². The lowest BCUT2D eigenvalue weighted by molar-refractivity contribution is -0.131. The van der Waals surface area contributed by atoms with Gasteiger partial charge < -0.3 is 5.32 Å². The summed E-state index contributed by atoms with van der Waals surface area (Å²) in [6.45, 7) is 2.92. The molecule has 2 aliphatic heterocycles. The van der Waals surface area contributed by atoms with Crippen LogP contribution in [0.2, 0.25) is 0 Å². The number of hydrogen-bond acceptors (Lipinski definition) is 3. The molecule has 1 saturated heterocycles. The van der Waals surface area contributed by atoms with Crippen LogP contribution in [0.25, 0.3) is 0 Å². The molecule has 0 aromatic heterocycles. The minimum Gasteiger partial charge on any atom is -0.367 e. The van der Waals surface area contributed by atoms with Gasteiger partial charge in [-0.25, -0.2) is 5.43 Å². The second-order valence-corrected chi connectivity index (χ2v) is 5.10. The van der Waals surface area contributed by atoms with E-state index in [9.17, 15) is 4.79 Å². The van der Waals surface area contributed by atoms with E-state index in [0.717, 1.165) is 25.1 Å². The summed E-state index contributed by atoms with van der Waals surface area (Å²) < 4.78 is 0. The third kappa shape index (κ3) is 2.24. The molecular formula is C15H19N3O. The van der Waals surface area contributed by atoms with Gasteiger partial charge >= 0.3 is 0 Å². The summed E-state index contributed by atoms with van der Waals surface area (Å²) in [5, 5.41) is 5.22. The van der Waals surface area contributed by atoms with Gasteiger partial charge in [-0.05, 0) is 12.0 Å². The van der Waals surface area contributed by atoms with E-state index in [4.69, 9.17) is 0 Å². The zero-order chi connectivity index (χ0) is 13.2. The van der Waals surface area contributed by atoms with Crippen molar-refractivity contribution < 1.29 is 4.79 Å². The lowest BCUT2D eigenvalue weighted by Gasteiger charge is -2.33. The first kappa shape index (κ1) is 12.2. The van der Waals surface area contributed by atoms with Crippen LogP contribution in [0.1, 0.15) is 31.2 Å². The van der Waals surface area contributed by atoms with E-state index >= 15 is 0 Å². The zero-order valence-corrected chi connectivity index (χ0v) is 11.1. The summed E-state index contributed by atoms with van der Waals surface area (Å²) in [5.41, 5.74) is 5.51. The maximum atomic E-state index is 12.1. The zero-order valence-electron chi connectivity index (χ0n) is 11.1. The van der Waals surface area contributed by atoms with Gasteiger partial charge in [0.25, 0.3) is 5.91 Å². The van der Waals surface area contributed by atoms with Crippen molar-refractivity contribution >= 4 is 5.91 Å². The fourth-order valence-electron chi connectivity index (χ4n) is 2.83. The largest absolute Gasteiger partial charge is 0.367 e. The van der Waals surface area contributed by atoms with Crippen LogP contribution in [0.3, 0.4) is 0 Å². The molecule has 1 aromatic rings. The number of carbonyl (C=O) groups excluding carboxylic acids is 1. The van der Waals surface area contributed by atoms with Gasteiger partial charge in [-0.15, -0.1) is 0 Å². The molecule has 2 unspecified atom stereocenters. The highest BCUT2D eigenvalue weighted by molar-refractivity contribution is 5.89. The number of nitrogens with one attached hydrogen (secondary N) is 2. The third-order valence-corrected chi connectivity index (χ3v) is 3.76. The second kappa shape index (κ2) is 5.05. The molecular weight excluding hydrogens is 238 g/mol. The van der Waals surface area contributed by atoms with E-state index in [0.29, 0.717) is 5.92 Å². The highest BCUT2D eigenvalue weighted by atomic mass is 16.2. The van der Waals surface area contributed by atoms with Crippen LogP contribution in [0.15, 0.2) is 42.1 Å². The number of hydrogen-bond donors (Lipinski definition) is 2. The highest BCUT2D eigenvalue weighted by Gasteiger charge is 2.39. The first-order valence-corrected chi connectivity index (χ1v) is 6.88. The van der Waals surface area contributed by atoms with Crippen molar-refractivity contribution in [1.82, 2.24) is 15.8 Å². The molecule has 1 amide bonds. The summed E-state index contributed by atoms with van der Waals surface area (Å²) in [5.74, 6) is 0.358. The monoisotopic (exact) mass is 257 g/mol. The second-order valence-electron chi connectivity index (χ2n) is 5.10. The molecule has 0 saturated carbocycles. The standard InChI is InChI=1S/C15H19N3O/c1-2-6-12-9-14(19)18-15(17-12)13(10-16-18)11-7-4-3-5-8-11/h3-5,7-9,13,15-17H,2,6,10H2,1H3. The molecule has 0 spiro atoms. The Bertz CT molecular complexity index is 497. The molecule has 0 aliphatic carbocycles. The van der Waals surface area contributed by atoms with Gasteiger partial charge in [0.05, 0.1) is 0 Å². The van der Waals surface area contributed by atoms with E-state index in [1.165, 1.54) is 5.56 Å². The van der Waals surface area contributed by atoms with Gasteiger partial charge in [0.1, 0.15) is 6.17 Å². The Labute approximate surface area is 113 Å². The highest BCUT2D eigenvalue weighted by Crippen LogP contribution is 2.29. The first-order chi connectivity index (χ1) is 9.29. The molecule has 100 valence electrons. The van der Waals surface area contributed by atoms with Gasteiger partial charge in [-0.2, -0.15) is 0 Å². The number of rotatable bonds is 3. The predicted molar refractivity (Wildman–Crippen MR) is 73.9 cm³/mol. The van der Waals surface area contributed by atoms with Crippen LogP contribution < -0.4 is 10.7 Å². The summed E-state index contributed by atoms with van der Waals surface area (Å²) in [7, 11) is 0. The molecule has 4 heteroatoms. The van der Waals surface area contributed by atoms with Crippen molar-refractivity contribution in [1.29, 1.82) is 0 Å². The number of benzene rings is 1. The van der Waals surface area contributed by atoms with Crippen LogP contribution in [0.5, 0.6) is 0 Å². The SMILES string of the molecule is CCCC1=CC(=O)N2NCC(c3ccccc3)C2N1. The van der Waals surface area contributed by atoms with Crippen LogP contribution in [0.4, 0.5) is 0 Å². The Kier molecular flexibility index (Phi) is 3.25. The molecule has 0 radical (unpaired) electrons. The van der Waals surface area contributed by atoms with Crippen LogP contribution in [-0.4, -0.2) is 23.6 Å². The van der Waals surface area contributed by atoms with Crippen LogP contribution in [0, 0.1) is 0 Å². The Morgan fingerprint density at radius 1 is 1.32 bits per heavy atom. The Hall–Kier alpha value is -1.81. The first-order valence-electron chi connectivity index (χ1n) is 6.88. The topological polar surface area (TPSA) is 44.4 Å². The number of hydrazine groups is 1. The third-order valence-electron chi connectivity index (χ3n) is 3.76. The summed E-state index contributed by atoms with van der Waals surface area (Å²) in [6, 6.07) is 10.4. The quantitative estimate of drug-likeness (QED) is 0.866. The Morgan fingerprint density at radius 2 is 2.11 bits per heavy atom. The van der Waals surface area contributed by atoms with Gasteiger partial charge in [-0.1, -0.05) is 43.7 Å². The summed E-state index contributed by atoms with van der Waals surface area (Å²) >= 11 is 0. The van der Waals surface area contributed by atoms with Crippen LogP contribution in [-0.2, 0) is 4.79 Å². The average molecular weight is 257 g/mol. The predicted octanol–water partition coefficient (Wildman–Crippen LogP) is 1.73. The number of amides is 1. The molecule has 0 bridgehead atoms. The number of fused-ring (bicyclic) bond motifs is 1. The lowest BCUT2D eigenvalue weighted by Crippen LogP contribution is -2.52. The van der Waals surface area contributed by atoms with Crippen molar-refractivity contribution in [2.45, 2.75) is 31.8 Å². The van der Waals surface area contributed by atoms with Gasteiger partial charge in [0, 0.05) is 24.2 Å². The maximum Gasteiger partial charge on any atom is 0.264 e. The van der Waals surface area contributed by atoms with Crippen LogP contribution >= 0.6 is 0 Å². The van der Waals surface area contributed by atoms with E-state index in [1.54, 1.807) is 11.1 Å². The van der Waals surface area contributed by atoms with Crippen molar-refractivity contribution in [3.63, 3.8) is 0 Å². The molecule has 2 heterocycles. The van der Waals surface area contributed by atoms with E-state index in [-0.39, 0.29) is 12.1 Å². The molecule has 1 aromatic carbocycles. The molecule has 2 N–H and O–H groups in total. The minimum atomic E-state index is 0.0291. The molecule has 2 atom stereocenters. The molecule has 2 aliphatic rings. The summed E-state index contributed by atoms with van der Waals surface area (Å²) in [4.78, 5) is 12.1. The molecule has 4 nitrogen and oxygen atoms in total. The van der Waals surface area contributed by atoms with Gasteiger partial charge in [-0.3, -0.25) is 9.80 Å². The van der Waals surface area contributed by atoms with E-state index < -0.39 is 0 Å². The van der Waals surface area contributed by atoms with Crippen molar-refractivity contribution in [2.24, 2.45) is 0 Å². The average Bonchev–Trinajstić information content (AvgIpc) is 2.84. The number of carbonyl (C=O) groups is 1. The molecule has 3 rings (SSSR count). The fourth-order valence-corrected chi connectivity index (χ4v) is 2.83. The normalized spacial score (nSPS) is 25.8. The number of nitrogens with zero attached hydrogens (tertiary/aromatic N) is 1. The molecule has 19 heavy (non-hydrogen) atoms. The van der Waals surface area contributed by atoms with E-state index in [2.05, 4.69) is 29.8 Å². The van der Waals surface area contributed by atoms with Crippen molar-refractivity contribution in [2.75, 3.05) is 6.54 Å². The fraction of sp³-hybridized carbons (Fsp3) is 0.400. The Balaban J connectivity index is 1.85. The van der Waals surface area contributed by atoms with Gasteiger partial charge in [0.15, 0.2) is 0 Å². The maximum absolute atomic E-state index is 12.1. The summed E-state index contributed by atoms with van der Waals surface area (Å²) in [6.07, 6.45) is 3.71. The number of allylic oxidation sites excluding steroid dienone is 1. The smallest absolute Gasteiger partial charge is 0.264 e. The minimum absolute atomic E-state index is 0.0291. The van der Waals surface area contributed by atoms with Crippen molar-refractivity contribution in [3.05, 3.63) is 47.7 Å². The lowest BCUT2D eigenvalue weighted by atomic mass is 9.96.